The van der Waals surface area contributed by atoms with Gasteiger partial charge in [-0.3, -0.25) is 14.2 Å². The molecule has 2 aromatic heterocycles. The monoisotopic (exact) mass is 483 g/mol. The summed E-state index contributed by atoms with van der Waals surface area (Å²) >= 11 is 0. The second-order valence-corrected chi connectivity index (χ2v) is 7.83. The smallest absolute Gasteiger partial charge is 0.329 e. The number of fused-ring (bicyclic) bond motifs is 1. The van der Waals surface area contributed by atoms with Crippen molar-refractivity contribution in [3.05, 3.63) is 123 Å². The minimum atomic E-state index is -0.582. The largest absolute Gasteiger partial charge is 0.424 e. The first-order chi connectivity index (χ1) is 17.5. The number of carbonyl (C=O) groups excluding carboxylic acids is 1. The zero-order chi connectivity index (χ0) is 25.1. The summed E-state index contributed by atoms with van der Waals surface area (Å²) in [6.07, 6.45) is 3.06. The van der Waals surface area contributed by atoms with Crippen LogP contribution in [-0.2, 0) is 6.54 Å². The van der Waals surface area contributed by atoms with Gasteiger partial charge in [0.2, 0.25) is 0 Å². The average Bonchev–Trinajstić information content (AvgIpc) is 2.88. The zero-order valence-corrected chi connectivity index (χ0v) is 18.6. The molecule has 0 unspecified atom stereocenters. The molecular formula is C26H18FN5O4. The molecule has 0 bridgehead atoms. The fourth-order valence-electron chi connectivity index (χ4n) is 3.64. The molecule has 0 aliphatic carbocycles. The van der Waals surface area contributed by atoms with Crippen LogP contribution in [0.2, 0.25) is 0 Å². The number of aromatic nitrogens is 4. The molecule has 0 fully saturated rings. The molecule has 5 rings (SSSR count). The quantitative estimate of drug-likeness (QED) is 0.380. The predicted molar refractivity (Wildman–Crippen MR) is 131 cm³/mol. The Morgan fingerprint density at radius 1 is 0.972 bits per heavy atom. The van der Waals surface area contributed by atoms with E-state index in [2.05, 4.69) is 20.3 Å². The van der Waals surface area contributed by atoms with E-state index in [9.17, 15) is 18.8 Å². The van der Waals surface area contributed by atoms with E-state index in [1.165, 1.54) is 36.7 Å². The van der Waals surface area contributed by atoms with Crippen molar-refractivity contribution in [2.75, 3.05) is 5.32 Å². The summed E-state index contributed by atoms with van der Waals surface area (Å²) in [5.74, 6) is -0.662. The van der Waals surface area contributed by atoms with E-state index in [-0.39, 0.29) is 23.5 Å². The number of benzene rings is 3. The summed E-state index contributed by atoms with van der Waals surface area (Å²) in [5, 5.41) is 2.94. The highest BCUT2D eigenvalue weighted by atomic mass is 19.1. The van der Waals surface area contributed by atoms with Gasteiger partial charge in [0.15, 0.2) is 0 Å². The van der Waals surface area contributed by atoms with Gasteiger partial charge in [-0.15, -0.1) is 0 Å². The Hall–Kier alpha value is -5.12. The maximum atomic E-state index is 13.4. The number of amides is 1. The maximum Gasteiger partial charge on any atom is 0.329 e. The highest BCUT2D eigenvalue weighted by Crippen LogP contribution is 2.20. The van der Waals surface area contributed by atoms with Crippen molar-refractivity contribution in [1.82, 2.24) is 19.5 Å². The first-order valence-corrected chi connectivity index (χ1v) is 10.8. The molecular weight excluding hydrogens is 465 g/mol. The lowest BCUT2D eigenvalue weighted by atomic mass is 10.1. The lowest BCUT2D eigenvalue weighted by molar-refractivity contribution is 0.102. The third kappa shape index (κ3) is 4.87. The SMILES string of the molecule is O=C(Nc1cccc(Cn2c(=O)[nH]c3ccc(Oc4ncccn4)cc3c2=O)c1)c1cccc(F)c1. The Morgan fingerprint density at radius 3 is 2.58 bits per heavy atom. The van der Waals surface area contributed by atoms with Crippen molar-refractivity contribution in [2.24, 2.45) is 0 Å². The second-order valence-electron chi connectivity index (χ2n) is 7.83. The van der Waals surface area contributed by atoms with Gasteiger partial charge in [0.05, 0.1) is 17.4 Å². The number of hydrogen-bond acceptors (Lipinski definition) is 6. The number of aromatic amines is 1. The second kappa shape index (κ2) is 9.63. The molecule has 9 nitrogen and oxygen atoms in total. The molecule has 0 aliphatic rings. The van der Waals surface area contributed by atoms with Crippen molar-refractivity contribution in [1.29, 1.82) is 0 Å². The summed E-state index contributed by atoms with van der Waals surface area (Å²) < 4.78 is 20.1. The highest BCUT2D eigenvalue weighted by molar-refractivity contribution is 6.04. The molecule has 5 aromatic rings. The molecule has 178 valence electrons. The van der Waals surface area contributed by atoms with Gasteiger partial charge in [-0.25, -0.2) is 19.2 Å². The summed E-state index contributed by atoms with van der Waals surface area (Å²) in [4.78, 5) is 49.0. The van der Waals surface area contributed by atoms with Gasteiger partial charge >= 0.3 is 11.7 Å². The Balaban J connectivity index is 1.42. The minimum absolute atomic E-state index is 0.0410. The van der Waals surface area contributed by atoms with Crippen molar-refractivity contribution in [3.8, 4) is 11.8 Å². The van der Waals surface area contributed by atoms with Gasteiger partial charge in [-0.2, -0.15) is 0 Å². The lowest BCUT2D eigenvalue weighted by Crippen LogP contribution is -2.35. The van der Waals surface area contributed by atoms with Crippen LogP contribution >= 0.6 is 0 Å². The number of carbonyl (C=O) groups is 1. The zero-order valence-electron chi connectivity index (χ0n) is 18.6. The Morgan fingerprint density at radius 2 is 1.78 bits per heavy atom. The van der Waals surface area contributed by atoms with Crippen LogP contribution in [0.3, 0.4) is 0 Å². The minimum Gasteiger partial charge on any atom is -0.424 e. The third-order valence-corrected chi connectivity index (χ3v) is 5.32. The van der Waals surface area contributed by atoms with Crippen LogP contribution < -0.4 is 21.3 Å². The van der Waals surface area contributed by atoms with Gasteiger partial charge in [0, 0.05) is 23.6 Å². The van der Waals surface area contributed by atoms with E-state index in [0.29, 0.717) is 22.5 Å². The van der Waals surface area contributed by atoms with Crippen molar-refractivity contribution >= 4 is 22.5 Å². The molecule has 0 atom stereocenters. The fourth-order valence-corrected chi connectivity index (χ4v) is 3.64. The molecule has 0 spiro atoms. The molecule has 0 saturated heterocycles. The molecule has 10 heteroatoms. The molecule has 2 heterocycles. The Bertz CT molecular complexity index is 1700. The number of H-pyrrole nitrogens is 1. The molecule has 3 aromatic carbocycles. The number of nitrogens with one attached hydrogen (secondary N) is 2. The van der Waals surface area contributed by atoms with Crippen LogP contribution in [0.25, 0.3) is 10.9 Å². The number of nitrogens with zero attached hydrogens (tertiary/aromatic N) is 3. The summed E-state index contributed by atoms with van der Waals surface area (Å²) in [7, 11) is 0. The van der Waals surface area contributed by atoms with E-state index >= 15 is 0 Å². The highest BCUT2D eigenvalue weighted by Gasteiger charge is 2.12. The van der Waals surface area contributed by atoms with E-state index in [1.807, 2.05) is 0 Å². The number of rotatable bonds is 6. The van der Waals surface area contributed by atoms with Gasteiger partial charge in [0.25, 0.3) is 11.5 Å². The maximum absolute atomic E-state index is 13.4. The van der Waals surface area contributed by atoms with Crippen LogP contribution in [0.4, 0.5) is 10.1 Å². The fraction of sp³-hybridized carbons (Fsp3) is 0.0385. The van der Waals surface area contributed by atoms with E-state index in [4.69, 9.17) is 4.74 Å². The average molecular weight is 483 g/mol. The first-order valence-electron chi connectivity index (χ1n) is 10.8. The molecule has 2 N–H and O–H groups in total. The Labute approximate surface area is 202 Å². The van der Waals surface area contributed by atoms with Crippen LogP contribution in [-0.4, -0.2) is 25.4 Å². The summed E-state index contributed by atoms with van der Waals surface area (Å²) in [6.45, 7) is -0.0410. The summed E-state index contributed by atoms with van der Waals surface area (Å²) in [6, 6.07) is 18.5. The van der Waals surface area contributed by atoms with Gasteiger partial charge < -0.3 is 15.0 Å². The summed E-state index contributed by atoms with van der Waals surface area (Å²) in [5.41, 5.74) is 0.471. The van der Waals surface area contributed by atoms with Crippen LogP contribution in [0.1, 0.15) is 15.9 Å². The van der Waals surface area contributed by atoms with Crippen LogP contribution in [0.15, 0.2) is 94.8 Å². The molecule has 0 saturated carbocycles. The predicted octanol–water partition coefficient (Wildman–Crippen LogP) is 3.71. The Kier molecular flexibility index (Phi) is 6.06. The van der Waals surface area contributed by atoms with Crippen molar-refractivity contribution in [3.63, 3.8) is 0 Å². The van der Waals surface area contributed by atoms with Crippen molar-refractivity contribution in [2.45, 2.75) is 6.54 Å². The van der Waals surface area contributed by atoms with Crippen molar-refractivity contribution < 1.29 is 13.9 Å². The van der Waals surface area contributed by atoms with Crippen LogP contribution in [0, 0.1) is 5.82 Å². The molecule has 0 aliphatic heterocycles. The lowest BCUT2D eigenvalue weighted by Gasteiger charge is -2.10. The first kappa shape index (κ1) is 22.7. The molecule has 0 radical (unpaired) electrons. The van der Waals surface area contributed by atoms with E-state index in [1.54, 1.807) is 42.5 Å². The van der Waals surface area contributed by atoms with Crippen LogP contribution in [0.5, 0.6) is 11.8 Å². The molecule has 36 heavy (non-hydrogen) atoms. The number of ether oxygens (including phenoxy) is 1. The molecule has 1 amide bonds. The van der Waals surface area contributed by atoms with E-state index in [0.717, 1.165) is 10.6 Å². The topological polar surface area (TPSA) is 119 Å². The van der Waals surface area contributed by atoms with Gasteiger partial charge in [-0.05, 0) is 60.2 Å². The number of hydrogen-bond donors (Lipinski definition) is 2. The third-order valence-electron chi connectivity index (χ3n) is 5.32. The van der Waals surface area contributed by atoms with Gasteiger partial charge in [0.1, 0.15) is 11.6 Å². The number of anilines is 1. The van der Waals surface area contributed by atoms with Gasteiger partial charge in [-0.1, -0.05) is 18.2 Å². The number of halogens is 1. The normalized spacial score (nSPS) is 10.8. The van der Waals surface area contributed by atoms with E-state index < -0.39 is 23.0 Å². The standard InChI is InChI=1S/C26H18FN5O4/c27-18-6-2-5-17(13-18)23(33)30-19-7-1-4-16(12-19)15-32-24(34)21-14-20(8-9-22(21)31-26(32)35)36-25-28-10-3-11-29-25/h1-14H,15H2,(H,30,33)(H,31,35).